The van der Waals surface area contributed by atoms with Crippen LogP contribution in [0.25, 0.3) is 11.1 Å². The summed E-state index contributed by atoms with van der Waals surface area (Å²) < 4.78 is 70.3. The van der Waals surface area contributed by atoms with E-state index in [1.54, 1.807) is 36.4 Å². The number of hydrogen-bond donors (Lipinski definition) is 0. The van der Waals surface area contributed by atoms with E-state index in [1.807, 2.05) is 0 Å². The van der Waals surface area contributed by atoms with Crippen LogP contribution in [0.15, 0.2) is 59.5 Å². The first-order valence-corrected chi connectivity index (χ1v) is 11.9. The van der Waals surface area contributed by atoms with E-state index in [2.05, 4.69) is 4.74 Å². The first kappa shape index (κ1) is 23.5. The molecule has 0 aromatic heterocycles. The lowest BCUT2D eigenvalue weighted by molar-refractivity contribution is -0.0513. The van der Waals surface area contributed by atoms with Gasteiger partial charge in [-0.25, -0.2) is 13.2 Å². The van der Waals surface area contributed by atoms with Gasteiger partial charge < -0.3 is 18.9 Å². The van der Waals surface area contributed by atoms with E-state index in [0.717, 1.165) is 6.26 Å². The number of carbonyl (C=O) groups is 1. The standard InChI is InChI=1S/C24H20F2O7S/c1-30-22-20(33-24(25)26)10-9-18(15-5-8-19-16(11-15)13-32-23(19)27)21(22)31-12-14-3-6-17(7-4-14)34(2,28)29/h3-11,24H,12-13H2,1-2H3. The van der Waals surface area contributed by atoms with Gasteiger partial charge in [0.1, 0.15) is 13.2 Å². The van der Waals surface area contributed by atoms with Crippen molar-refractivity contribution in [3.8, 4) is 28.4 Å². The molecule has 178 valence electrons. The van der Waals surface area contributed by atoms with Gasteiger partial charge >= 0.3 is 12.6 Å². The summed E-state index contributed by atoms with van der Waals surface area (Å²) in [4.78, 5) is 11.9. The third kappa shape index (κ3) is 4.81. The number of rotatable bonds is 8. The monoisotopic (exact) mass is 490 g/mol. The Morgan fingerprint density at radius 3 is 2.35 bits per heavy atom. The van der Waals surface area contributed by atoms with Crippen molar-refractivity contribution >= 4 is 15.8 Å². The minimum absolute atomic E-state index is 0.00191. The van der Waals surface area contributed by atoms with Crippen LogP contribution < -0.4 is 14.2 Å². The number of esters is 1. The molecule has 3 aromatic rings. The van der Waals surface area contributed by atoms with Crippen molar-refractivity contribution in [2.75, 3.05) is 13.4 Å². The van der Waals surface area contributed by atoms with Gasteiger partial charge in [-0.3, -0.25) is 0 Å². The Kier molecular flexibility index (Phi) is 6.43. The van der Waals surface area contributed by atoms with Crippen molar-refractivity contribution in [1.29, 1.82) is 0 Å². The van der Waals surface area contributed by atoms with Gasteiger partial charge in [-0.1, -0.05) is 18.2 Å². The van der Waals surface area contributed by atoms with Crippen LogP contribution in [0.4, 0.5) is 8.78 Å². The highest BCUT2D eigenvalue weighted by Crippen LogP contribution is 2.46. The number of cyclic esters (lactones) is 1. The maximum atomic E-state index is 13.0. The molecule has 0 radical (unpaired) electrons. The number of fused-ring (bicyclic) bond motifs is 1. The van der Waals surface area contributed by atoms with Gasteiger partial charge in [-0.2, -0.15) is 8.78 Å². The molecular formula is C24H20F2O7S. The summed E-state index contributed by atoms with van der Waals surface area (Å²) in [7, 11) is -2.04. The molecule has 0 spiro atoms. The SMILES string of the molecule is COc1c(OC(F)F)ccc(-c2ccc3c(c2)COC3=O)c1OCc1ccc(S(C)(=O)=O)cc1. The van der Waals surface area contributed by atoms with E-state index in [4.69, 9.17) is 14.2 Å². The Hall–Kier alpha value is -3.66. The predicted molar refractivity (Wildman–Crippen MR) is 118 cm³/mol. The lowest BCUT2D eigenvalue weighted by atomic mass is 9.99. The highest BCUT2D eigenvalue weighted by atomic mass is 32.2. The Morgan fingerprint density at radius 2 is 1.71 bits per heavy atom. The lowest BCUT2D eigenvalue weighted by Crippen LogP contribution is -2.06. The van der Waals surface area contributed by atoms with Crippen molar-refractivity contribution in [3.63, 3.8) is 0 Å². The second kappa shape index (κ2) is 9.30. The minimum atomic E-state index is -3.35. The van der Waals surface area contributed by atoms with Crippen molar-refractivity contribution in [2.45, 2.75) is 24.7 Å². The van der Waals surface area contributed by atoms with Crippen LogP contribution in [0.5, 0.6) is 17.2 Å². The molecule has 0 bridgehead atoms. The van der Waals surface area contributed by atoms with Crippen LogP contribution >= 0.6 is 0 Å². The summed E-state index contributed by atoms with van der Waals surface area (Å²) in [6, 6.07) is 14.1. The molecule has 1 heterocycles. The summed E-state index contributed by atoms with van der Waals surface area (Å²) in [5.41, 5.74) is 2.97. The number of halogens is 2. The molecule has 0 aliphatic carbocycles. The average Bonchev–Trinajstić information content (AvgIpc) is 3.17. The van der Waals surface area contributed by atoms with Gasteiger partial charge in [0, 0.05) is 17.4 Å². The third-order valence-electron chi connectivity index (χ3n) is 5.23. The highest BCUT2D eigenvalue weighted by molar-refractivity contribution is 7.90. The molecule has 0 atom stereocenters. The van der Waals surface area contributed by atoms with E-state index in [1.165, 1.54) is 25.3 Å². The molecule has 0 saturated carbocycles. The van der Waals surface area contributed by atoms with Gasteiger partial charge in [0.2, 0.25) is 5.75 Å². The topological polar surface area (TPSA) is 88.1 Å². The molecule has 0 saturated heterocycles. The molecule has 1 aliphatic heterocycles. The molecule has 3 aromatic carbocycles. The molecule has 0 unspecified atom stereocenters. The molecule has 0 N–H and O–H groups in total. The summed E-state index contributed by atoms with van der Waals surface area (Å²) in [5.74, 6) is -0.492. The molecule has 7 nitrogen and oxygen atoms in total. The van der Waals surface area contributed by atoms with Crippen LogP contribution in [-0.4, -0.2) is 34.4 Å². The zero-order chi connectivity index (χ0) is 24.5. The molecule has 34 heavy (non-hydrogen) atoms. The van der Waals surface area contributed by atoms with E-state index in [0.29, 0.717) is 27.8 Å². The second-order valence-corrected chi connectivity index (χ2v) is 9.52. The van der Waals surface area contributed by atoms with Crippen LogP contribution in [0.2, 0.25) is 0 Å². The maximum Gasteiger partial charge on any atom is 0.387 e. The normalized spacial score (nSPS) is 12.9. The van der Waals surface area contributed by atoms with Gasteiger partial charge in [0.15, 0.2) is 21.3 Å². The predicted octanol–water partition coefficient (Wildman–Crippen LogP) is 4.62. The molecule has 1 aliphatic rings. The fraction of sp³-hybridized carbons (Fsp3) is 0.208. The van der Waals surface area contributed by atoms with E-state index in [-0.39, 0.29) is 35.4 Å². The zero-order valence-corrected chi connectivity index (χ0v) is 19.0. The van der Waals surface area contributed by atoms with Gasteiger partial charge in [-0.15, -0.1) is 0 Å². The van der Waals surface area contributed by atoms with Crippen molar-refractivity contribution in [3.05, 3.63) is 71.3 Å². The largest absolute Gasteiger partial charge is 0.490 e. The summed E-state index contributed by atoms with van der Waals surface area (Å²) in [6.45, 7) is -2.94. The molecular weight excluding hydrogens is 470 g/mol. The van der Waals surface area contributed by atoms with Crippen molar-refractivity contribution in [1.82, 2.24) is 0 Å². The van der Waals surface area contributed by atoms with Crippen molar-refractivity contribution < 1.29 is 40.9 Å². The highest BCUT2D eigenvalue weighted by Gasteiger charge is 2.24. The Balaban J connectivity index is 1.73. The van der Waals surface area contributed by atoms with E-state index in [9.17, 15) is 22.0 Å². The van der Waals surface area contributed by atoms with Gasteiger partial charge in [0.05, 0.1) is 17.6 Å². The van der Waals surface area contributed by atoms with E-state index < -0.39 is 22.4 Å². The van der Waals surface area contributed by atoms with Crippen molar-refractivity contribution in [2.24, 2.45) is 0 Å². The number of alkyl halides is 2. The average molecular weight is 490 g/mol. The zero-order valence-electron chi connectivity index (χ0n) is 18.2. The number of sulfone groups is 1. The summed E-state index contributed by atoms with van der Waals surface area (Å²) >= 11 is 0. The van der Waals surface area contributed by atoms with Gasteiger partial charge in [0.25, 0.3) is 0 Å². The summed E-state index contributed by atoms with van der Waals surface area (Å²) in [6.07, 6.45) is 1.11. The first-order chi connectivity index (χ1) is 16.2. The molecule has 4 rings (SSSR count). The number of benzene rings is 3. The number of carbonyl (C=O) groups excluding carboxylic acids is 1. The minimum Gasteiger partial charge on any atom is -0.490 e. The number of methoxy groups -OCH3 is 1. The smallest absolute Gasteiger partial charge is 0.387 e. The Bertz CT molecular complexity index is 1340. The van der Waals surface area contributed by atoms with Crippen LogP contribution in [0.1, 0.15) is 21.5 Å². The Morgan fingerprint density at radius 1 is 1.00 bits per heavy atom. The molecule has 0 amide bonds. The van der Waals surface area contributed by atoms with E-state index >= 15 is 0 Å². The third-order valence-corrected chi connectivity index (χ3v) is 6.35. The summed E-state index contributed by atoms with van der Waals surface area (Å²) in [5, 5.41) is 0. The lowest BCUT2D eigenvalue weighted by Gasteiger charge is -2.19. The number of hydrogen-bond acceptors (Lipinski definition) is 7. The Labute approximate surface area is 194 Å². The van der Waals surface area contributed by atoms with Crippen LogP contribution in [-0.2, 0) is 27.8 Å². The molecule has 0 fully saturated rings. The van der Waals surface area contributed by atoms with Crippen LogP contribution in [0.3, 0.4) is 0 Å². The maximum absolute atomic E-state index is 13.0. The number of ether oxygens (including phenoxy) is 4. The fourth-order valence-corrected chi connectivity index (χ4v) is 4.22. The van der Waals surface area contributed by atoms with Crippen LogP contribution in [0, 0.1) is 0 Å². The quantitative estimate of drug-likeness (QED) is 0.426. The van der Waals surface area contributed by atoms with Gasteiger partial charge in [-0.05, 0) is 47.5 Å². The fourth-order valence-electron chi connectivity index (χ4n) is 3.59. The first-order valence-electron chi connectivity index (χ1n) is 10.1. The molecule has 10 heteroatoms. The second-order valence-electron chi connectivity index (χ2n) is 7.50.